The fourth-order valence-corrected chi connectivity index (χ4v) is 3.59. The Morgan fingerprint density at radius 2 is 2.10 bits per heavy atom. The molecule has 1 aliphatic carbocycles. The minimum Gasteiger partial charge on any atom is -0.491 e. The normalized spacial score (nSPS) is 25.0. The topological polar surface area (TPSA) is 44.5 Å². The highest BCUT2D eigenvalue weighted by molar-refractivity contribution is 5.44. The van der Waals surface area contributed by atoms with Crippen LogP contribution < -0.4 is 15.2 Å². The number of hydrogen-bond donors (Lipinski definition) is 1. The van der Waals surface area contributed by atoms with Crippen molar-refractivity contribution in [3.63, 3.8) is 0 Å². The van der Waals surface area contributed by atoms with E-state index in [1.807, 2.05) is 12.1 Å². The van der Waals surface area contributed by atoms with Crippen molar-refractivity contribution in [2.45, 2.75) is 76.5 Å². The van der Waals surface area contributed by atoms with Crippen LogP contribution >= 0.6 is 0 Å². The average Bonchev–Trinajstić information content (AvgIpc) is 2.48. The van der Waals surface area contributed by atoms with Crippen LogP contribution in [0, 0.1) is 0 Å². The van der Waals surface area contributed by atoms with Gasteiger partial charge in [0.1, 0.15) is 17.1 Å². The second-order valence-corrected chi connectivity index (χ2v) is 6.69. The Morgan fingerprint density at radius 1 is 1.33 bits per heavy atom. The second kappa shape index (κ2) is 5.88. The number of nitrogens with two attached hydrogens (primary N) is 1. The summed E-state index contributed by atoms with van der Waals surface area (Å²) in [4.78, 5) is 0. The van der Waals surface area contributed by atoms with Crippen LogP contribution in [0.25, 0.3) is 0 Å². The predicted molar refractivity (Wildman–Crippen MR) is 84.8 cm³/mol. The molecule has 1 aromatic carbocycles. The molecule has 0 radical (unpaired) electrons. The van der Waals surface area contributed by atoms with Gasteiger partial charge in [-0.2, -0.15) is 0 Å². The molecule has 0 saturated heterocycles. The highest BCUT2D eigenvalue weighted by Gasteiger charge is 2.40. The van der Waals surface area contributed by atoms with Crippen molar-refractivity contribution in [3.05, 3.63) is 23.8 Å². The lowest BCUT2D eigenvalue weighted by molar-refractivity contribution is 0.00177. The van der Waals surface area contributed by atoms with Gasteiger partial charge >= 0.3 is 0 Å². The number of ether oxygens (including phenoxy) is 2. The fourth-order valence-electron chi connectivity index (χ4n) is 3.59. The van der Waals surface area contributed by atoms with Gasteiger partial charge in [-0.25, -0.2) is 0 Å². The van der Waals surface area contributed by atoms with E-state index in [1.54, 1.807) is 0 Å². The maximum absolute atomic E-state index is 6.45. The van der Waals surface area contributed by atoms with Crippen LogP contribution in [0.4, 0.5) is 0 Å². The molecule has 2 aliphatic rings. The Labute approximate surface area is 127 Å². The van der Waals surface area contributed by atoms with Gasteiger partial charge in [0.15, 0.2) is 0 Å². The first-order valence-electron chi connectivity index (χ1n) is 8.37. The molecular formula is C18H27NO2. The lowest BCUT2D eigenvalue weighted by Crippen LogP contribution is -2.44. The van der Waals surface area contributed by atoms with Crippen molar-refractivity contribution in [1.29, 1.82) is 0 Å². The smallest absolute Gasteiger partial charge is 0.125 e. The fraction of sp³-hybridized carbons (Fsp3) is 0.667. The standard InChI is InChI=1S/C18H27NO2/c1-3-13(2)20-14-7-8-17-15(11-14)16(19)12-18(21-17)9-5-4-6-10-18/h7-8,11,13,16H,3-6,9-10,12,19H2,1-2H3. The summed E-state index contributed by atoms with van der Waals surface area (Å²) in [6, 6.07) is 6.19. The van der Waals surface area contributed by atoms with Gasteiger partial charge < -0.3 is 15.2 Å². The molecule has 2 atom stereocenters. The Hall–Kier alpha value is -1.22. The molecule has 21 heavy (non-hydrogen) atoms. The minimum atomic E-state index is -0.0102. The molecule has 0 amide bonds. The molecule has 3 nitrogen and oxygen atoms in total. The summed E-state index contributed by atoms with van der Waals surface area (Å²) < 4.78 is 12.3. The van der Waals surface area contributed by atoms with Crippen LogP contribution in [-0.4, -0.2) is 11.7 Å². The summed E-state index contributed by atoms with van der Waals surface area (Å²) in [7, 11) is 0. The minimum absolute atomic E-state index is 0.0102. The van der Waals surface area contributed by atoms with E-state index < -0.39 is 0 Å². The number of rotatable bonds is 3. The van der Waals surface area contributed by atoms with Crippen molar-refractivity contribution in [2.75, 3.05) is 0 Å². The molecule has 116 valence electrons. The van der Waals surface area contributed by atoms with Crippen molar-refractivity contribution in [3.8, 4) is 11.5 Å². The van der Waals surface area contributed by atoms with Gasteiger partial charge in [0.05, 0.1) is 6.10 Å². The SMILES string of the molecule is CCC(C)Oc1ccc2c(c1)C(N)CC1(CCCCC1)O2. The van der Waals surface area contributed by atoms with Crippen LogP contribution in [0.2, 0.25) is 0 Å². The van der Waals surface area contributed by atoms with Gasteiger partial charge in [0, 0.05) is 18.0 Å². The first-order chi connectivity index (χ1) is 10.1. The van der Waals surface area contributed by atoms with Crippen LogP contribution in [0.3, 0.4) is 0 Å². The Balaban J connectivity index is 1.82. The zero-order valence-electron chi connectivity index (χ0n) is 13.2. The van der Waals surface area contributed by atoms with Gasteiger partial charge in [0.2, 0.25) is 0 Å². The molecule has 1 heterocycles. The first-order valence-corrected chi connectivity index (χ1v) is 8.37. The summed E-state index contributed by atoms with van der Waals surface area (Å²) in [5, 5.41) is 0. The van der Waals surface area contributed by atoms with Gasteiger partial charge in [-0.3, -0.25) is 0 Å². The third kappa shape index (κ3) is 3.03. The first kappa shape index (κ1) is 14.7. The zero-order chi connectivity index (χ0) is 14.9. The molecule has 1 aliphatic heterocycles. The molecule has 1 saturated carbocycles. The molecule has 2 N–H and O–H groups in total. The van der Waals surface area contributed by atoms with E-state index in [2.05, 4.69) is 19.9 Å². The van der Waals surface area contributed by atoms with Crippen molar-refractivity contribution in [1.82, 2.24) is 0 Å². The van der Waals surface area contributed by atoms with Crippen LogP contribution in [0.5, 0.6) is 11.5 Å². The van der Waals surface area contributed by atoms with Crippen LogP contribution in [-0.2, 0) is 0 Å². The molecular weight excluding hydrogens is 262 g/mol. The molecule has 1 spiro atoms. The van der Waals surface area contributed by atoms with Gasteiger partial charge in [-0.1, -0.05) is 13.3 Å². The molecule has 1 aromatic rings. The zero-order valence-corrected chi connectivity index (χ0v) is 13.2. The largest absolute Gasteiger partial charge is 0.491 e. The van der Waals surface area contributed by atoms with Crippen molar-refractivity contribution in [2.24, 2.45) is 5.73 Å². The Kier molecular flexibility index (Phi) is 4.12. The molecule has 3 rings (SSSR count). The maximum Gasteiger partial charge on any atom is 0.125 e. The molecule has 1 fully saturated rings. The van der Waals surface area contributed by atoms with Crippen LogP contribution in [0.15, 0.2) is 18.2 Å². The van der Waals surface area contributed by atoms with Gasteiger partial charge in [0.25, 0.3) is 0 Å². The molecule has 3 heteroatoms. The predicted octanol–water partition coefficient (Wildman–Crippen LogP) is 4.35. The van der Waals surface area contributed by atoms with E-state index in [9.17, 15) is 0 Å². The van der Waals surface area contributed by atoms with E-state index in [4.69, 9.17) is 15.2 Å². The number of benzene rings is 1. The summed E-state index contributed by atoms with van der Waals surface area (Å²) in [5.41, 5.74) is 7.54. The highest BCUT2D eigenvalue weighted by atomic mass is 16.5. The van der Waals surface area contributed by atoms with E-state index in [0.717, 1.165) is 42.7 Å². The lowest BCUT2D eigenvalue weighted by Gasteiger charge is -2.43. The third-order valence-electron chi connectivity index (χ3n) is 4.98. The molecule has 0 bridgehead atoms. The maximum atomic E-state index is 6.45. The highest BCUT2D eigenvalue weighted by Crippen LogP contribution is 2.46. The lowest BCUT2D eigenvalue weighted by atomic mass is 9.77. The number of hydrogen-bond acceptors (Lipinski definition) is 3. The Morgan fingerprint density at radius 3 is 2.81 bits per heavy atom. The van der Waals surface area contributed by atoms with E-state index in [1.165, 1.54) is 19.3 Å². The average molecular weight is 289 g/mol. The molecule has 2 unspecified atom stereocenters. The summed E-state index contributed by atoms with van der Waals surface area (Å²) in [6.45, 7) is 4.22. The monoisotopic (exact) mass is 289 g/mol. The van der Waals surface area contributed by atoms with Crippen molar-refractivity contribution >= 4 is 0 Å². The Bertz CT molecular complexity index is 494. The summed E-state index contributed by atoms with van der Waals surface area (Å²) in [6.07, 6.45) is 8.31. The molecule has 0 aromatic heterocycles. The second-order valence-electron chi connectivity index (χ2n) is 6.69. The van der Waals surface area contributed by atoms with E-state index >= 15 is 0 Å². The van der Waals surface area contributed by atoms with Crippen molar-refractivity contribution < 1.29 is 9.47 Å². The third-order valence-corrected chi connectivity index (χ3v) is 4.98. The quantitative estimate of drug-likeness (QED) is 0.899. The van der Waals surface area contributed by atoms with Gasteiger partial charge in [-0.05, 0) is 57.2 Å². The van der Waals surface area contributed by atoms with E-state index in [-0.39, 0.29) is 17.7 Å². The van der Waals surface area contributed by atoms with E-state index in [0.29, 0.717) is 0 Å². The van der Waals surface area contributed by atoms with Crippen LogP contribution in [0.1, 0.15) is 70.4 Å². The summed E-state index contributed by atoms with van der Waals surface area (Å²) >= 11 is 0. The number of fused-ring (bicyclic) bond motifs is 1. The van der Waals surface area contributed by atoms with Gasteiger partial charge in [-0.15, -0.1) is 0 Å². The summed E-state index contributed by atoms with van der Waals surface area (Å²) in [5.74, 6) is 1.87.